The molecular formula is C13H18N2O2S. The molecule has 2 N–H and O–H groups in total. The molecule has 1 aromatic rings. The van der Waals surface area contributed by atoms with Gasteiger partial charge in [-0.05, 0) is 31.9 Å². The number of nitrogens with one attached hydrogen (secondary N) is 2. The monoisotopic (exact) mass is 266 g/mol. The Balaban J connectivity index is 1.93. The van der Waals surface area contributed by atoms with Crippen molar-refractivity contribution in [2.45, 2.75) is 37.0 Å². The molecule has 2 rings (SSSR count). The van der Waals surface area contributed by atoms with E-state index in [1.54, 1.807) is 0 Å². The van der Waals surface area contributed by atoms with E-state index in [2.05, 4.69) is 16.6 Å². The Morgan fingerprint density at radius 1 is 1.39 bits per heavy atom. The summed E-state index contributed by atoms with van der Waals surface area (Å²) in [5.74, 6) is -0.260. The summed E-state index contributed by atoms with van der Waals surface area (Å²) in [6.07, 6.45) is 9.40. The van der Waals surface area contributed by atoms with Crippen molar-refractivity contribution in [3.8, 4) is 0 Å². The van der Waals surface area contributed by atoms with Crippen LogP contribution in [0.4, 0.5) is 0 Å². The van der Waals surface area contributed by atoms with Gasteiger partial charge in [0.2, 0.25) is 0 Å². The second kappa shape index (κ2) is 6.09. The predicted molar refractivity (Wildman–Crippen MR) is 74.1 cm³/mol. The molecule has 0 radical (unpaired) electrons. The highest BCUT2D eigenvalue weighted by Gasteiger charge is 2.22. The molecule has 0 saturated heterocycles. The molecule has 4 nitrogen and oxygen atoms in total. The van der Waals surface area contributed by atoms with Gasteiger partial charge in [0.1, 0.15) is 5.56 Å². The number of thioether (sulfide) groups is 1. The van der Waals surface area contributed by atoms with Gasteiger partial charge in [-0.25, -0.2) is 0 Å². The van der Waals surface area contributed by atoms with Crippen LogP contribution in [0.25, 0.3) is 0 Å². The molecule has 0 aromatic carbocycles. The highest BCUT2D eigenvalue weighted by molar-refractivity contribution is 7.99. The van der Waals surface area contributed by atoms with Crippen LogP contribution in [0.5, 0.6) is 0 Å². The number of rotatable bonds is 3. The van der Waals surface area contributed by atoms with Crippen molar-refractivity contribution in [3.63, 3.8) is 0 Å². The Bertz CT molecular complexity index is 464. The van der Waals surface area contributed by atoms with Crippen LogP contribution in [0, 0.1) is 0 Å². The average Bonchev–Trinajstić information content (AvgIpc) is 2.40. The highest BCUT2D eigenvalue weighted by atomic mass is 32.2. The summed E-state index contributed by atoms with van der Waals surface area (Å²) in [7, 11) is 0. The molecule has 0 bridgehead atoms. The number of hydrogen-bond acceptors (Lipinski definition) is 3. The van der Waals surface area contributed by atoms with Crippen LogP contribution in [0.2, 0.25) is 0 Å². The van der Waals surface area contributed by atoms with Gasteiger partial charge in [0.05, 0.1) is 0 Å². The fourth-order valence-electron chi connectivity index (χ4n) is 2.30. The third-order valence-corrected chi connectivity index (χ3v) is 4.55. The van der Waals surface area contributed by atoms with Crippen LogP contribution in [0.1, 0.15) is 36.0 Å². The molecule has 1 saturated carbocycles. The molecule has 1 aliphatic carbocycles. The maximum Gasteiger partial charge on any atom is 0.256 e. The Kier molecular flexibility index (Phi) is 4.47. The number of amides is 1. The van der Waals surface area contributed by atoms with E-state index in [1.807, 2.05) is 11.8 Å². The lowest BCUT2D eigenvalue weighted by Crippen LogP contribution is -2.39. The molecule has 1 fully saturated rings. The molecule has 18 heavy (non-hydrogen) atoms. The van der Waals surface area contributed by atoms with Gasteiger partial charge in [0.15, 0.2) is 5.43 Å². The van der Waals surface area contributed by atoms with Gasteiger partial charge in [-0.3, -0.25) is 9.59 Å². The van der Waals surface area contributed by atoms with Gasteiger partial charge in [0, 0.05) is 29.8 Å². The first kappa shape index (κ1) is 13.2. The number of pyridine rings is 1. The number of hydrogen-bond donors (Lipinski definition) is 2. The van der Waals surface area contributed by atoms with Crippen LogP contribution in [-0.4, -0.2) is 28.4 Å². The standard InChI is InChI=1S/C13H18N2O2S/c1-18-10-4-2-9(3-5-10)15-13(17)11-8-14-7-6-12(11)16/h6-10H,2-5H2,1H3,(H,14,16)(H,15,17). The zero-order chi connectivity index (χ0) is 13.0. The topological polar surface area (TPSA) is 62.0 Å². The molecule has 1 amide bonds. The molecule has 0 spiro atoms. The Hall–Kier alpha value is -1.23. The van der Waals surface area contributed by atoms with Crippen molar-refractivity contribution < 1.29 is 4.79 Å². The van der Waals surface area contributed by atoms with Crippen molar-refractivity contribution in [3.05, 3.63) is 34.2 Å². The lowest BCUT2D eigenvalue weighted by molar-refractivity contribution is 0.0926. The van der Waals surface area contributed by atoms with E-state index in [-0.39, 0.29) is 22.9 Å². The summed E-state index contributed by atoms with van der Waals surface area (Å²) in [4.78, 5) is 26.2. The average molecular weight is 266 g/mol. The second-order valence-electron chi connectivity index (χ2n) is 4.61. The zero-order valence-corrected chi connectivity index (χ0v) is 11.3. The summed E-state index contributed by atoms with van der Waals surface area (Å²) in [5.41, 5.74) is -0.0338. The fourth-order valence-corrected chi connectivity index (χ4v) is 3.04. The number of carbonyl (C=O) groups is 1. The van der Waals surface area contributed by atoms with E-state index < -0.39 is 0 Å². The van der Waals surface area contributed by atoms with Crippen molar-refractivity contribution in [1.29, 1.82) is 0 Å². The van der Waals surface area contributed by atoms with Crippen LogP contribution >= 0.6 is 11.8 Å². The lowest BCUT2D eigenvalue weighted by atomic mass is 9.95. The molecule has 1 heterocycles. The molecule has 5 heteroatoms. The van der Waals surface area contributed by atoms with E-state index in [1.165, 1.54) is 18.5 Å². The SMILES string of the molecule is CSC1CCC(NC(=O)c2c[nH]ccc2=O)CC1. The third kappa shape index (κ3) is 3.16. The van der Waals surface area contributed by atoms with Crippen LogP contribution in [0.15, 0.2) is 23.3 Å². The summed E-state index contributed by atoms with van der Waals surface area (Å²) >= 11 is 1.90. The largest absolute Gasteiger partial charge is 0.367 e. The van der Waals surface area contributed by atoms with E-state index in [9.17, 15) is 9.59 Å². The van der Waals surface area contributed by atoms with Crippen molar-refractivity contribution in [1.82, 2.24) is 10.3 Å². The van der Waals surface area contributed by atoms with E-state index in [0.717, 1.165) is 30.9 Å². The first-order valence-corrected chi connectivity index (χ1v) is 7.50. The van der Waals surface area contributed by atoms with Crippen molar-refractivity contribution in [2.24, 2.45) is 0 Å². The molecule has 1 aromatic heterocycles. The van der Waals surface area contributed by atoms with Gasteiger partial charge < -0.3 is 10.3 Å². The Morgan fingerprint density at radius 3 is 2.72 bits per heavy atom. The Morgan fingerprint density at radius 2 is 2.11 bits per heavy atom. The quantitative estimate of drug-likeness (QED) is 0.876. The molecule has 0 aliphatic heterocycles. The minimum atomic E-state index is -0.260. The maximum atomic E-state index is 11.9. The van der Waals surface area contributed by atoms with E-state index in [4.69, 9.17) is 0 Å². The molecule has 0 unspecified atom stereocenters. The molecular weight excluding hydrogens is 248 g/mol. The minimum absolute atomic E-state index is 0.199. The van der Waals surface area contributed by atoms with Gasteiger partial charge in [0.25, 0.3) is 5.91 Å². The smallest absolute Gasteiger partial charge is 0.256 e. The molecule has 1 aliphatic rings. The van der Waals surface area contributed by atoms with Gasteiger partial charge in [-0.2, -0.15) is 11.8 Å². The highest BCUT2D eigenvalue weighted by Crippen LogP contribution is 2.26. The first-order chi connectivity index (χ1) is 8.70. The number of aromatic amines is 1. The van der Waals surface area contributed by atoms with Crippen molar-refractivity contribution >= 4 is 17.7 Å². The fraction of sp³-hybridized carbons (Fsp3) is 0.538. The number of H-pyrrole nitrogens is 1. The van der Waals surface area contributed by atoms with Crippen LogP contribution in [-0.2, 0) is 0 Å². The van der Waals surface area contributed by atoms with Crippen molar-refractivity contribution in [2.75, 3.05) is 6.26 Å². The maximum absolute atomic E-state index is 11.9. The third-order valence-electron chi connectivity index (χ3n) is 3.41. The van der Waals surface area contributed by atoms with Gasteiger partial charge in [-0.15, -0.1) is 0 Å². The van der Waals surface area contributed by atoms with Gasteiger partial charge in [-0.1, -0.05) is 0 Å². The van der Waals surface area contributed by atoms with E-state index in [0.29, 0.717) is 0 Å². The number of carbonyl (C=O) groups excluding carboxylic acids is 1. The second-order valence-corrected chi connectivity index (χ2v) is 5.74. The summed E-state index contributed by atoms with van der Waals surface area (Å²) in [6.45, 7) is 0. The first-order valence-electron chi connectivity index (χ1n) is 6.21. The minimum Gasteiger partial charge on any atom is -0.367 e. The molecule has 98 valence electrons. The summed E-state index contributed by atoms with van der Waals surface area (Å²) < 4.78 is 0. The predicted octanol–water partition coefficient (Wildman–Crippen LogP) is 1.78. The van der Waals surface area contributed by atoms with Crippen LogP contribution < -0.4 is 10.7 Å². The van der Waals surface area contributed by atoms with Gasteiger partial charge >= 0.3 is 0 Å². The van der Waals surface area contributed by atoms with Crippen LogP contribution in [0.3, 0.4) is 0 Å². The van der Waals surface area contributed by atoms with E-state index >= 15 is 0 Å². The zero-order valence-electron chi connectivity index (χ0n) is 10.4. The molecule has 0 atom stereocenters. The Labute approximate surface area is 111 Å². The summed E-state index contributed by atoms with van der Waals surface area (Å²) in [5, 5.41) is 3.67. The normalized spacial score (nSPS) is 23.6. The summed E-state index contributed by atoms with van der Waals surface area (Å²) in [6, 6.07) is 1.58. The lowest BCUT2D eigenvalue weighted by Gasteiger charge is -2.27. The number of aromatic nitrogens is 1.